The molecule has 1 aliphatic rings. The summed E-state index contributed by atoms with van der Waals surface area (Å²) in [5.74, 6) is -0.146. The van der Waals surface area contributed by atoms with Crippen molar-refractivity contribution in [3.8, 4) is 0 Å². The van der Waals surface area contributed by atoms with Crippen molar-refractivity contribution >= 4 is 5.97 Å². The fourth-order valence-corrected chi connectivity index (χ4v) is 5.31. The average molecular weight is 452 g/mol. The van der Waals surface area contributed by atoms with Crippen LogP contribution in [0.15, 0.2) is 91.0 Å². The van der Waals surface area contributed by atoms with E-state index in [0.29, 0.717) is 13.0 Å². The number of carbonyl (C=O) groups excluding carboxylic acids is 1. The quantitative estimate of drug-likeness (QED) is 0.275. The molecule has 0 N–H and O–H groups in total. The zero-order valence-corrected chi connectivity index (χ0v) is 19.4. The molecule has 0 radical (unpaired) electrons. The Kier molecular flexibility index (Phi) is 6.26. The first-order chi connectivity index (χ1) is 16.7. The number of aromatic nitrogens is 3. The number of esters is 1. The first kappa shape index (κ1) is 22.1. The SMILES string of the molecule is CCOC(=O)CC1CCCc2c1nnn2C(c1ccccc1)(c1ccccc1)c1ccccc1. The van der Waals surface area contributed by atoms with Gasteiger partial charge >= 0.3 is 5.97 Å². The largest absolute Gasteiger partial charge is 0.466 e. The summed E-state index contributed by atoms with van der Waals surface area (Å²) in [6.07, 6.45) is 3.11. The van der Waals surface area contributed by atoms with Crippen LogP contribution in [0.1, 0.15) is 60.2 Å². The lowest BCUT2D eigenvalue weighted by Crippen LogP contribution is -2.40. The first-order valence-electron chi connectivity index (χ1n) is 12.0. The number of hydrogen-bond donors (Lipinski definition) is 0. The molecule has 1 aromatic heterocycles. The monoisotopic (exact) mass is 451 g/mol. The molecule has 4 aromatic rings. The third kappa shape index (κ3) is 3.81. The van der Waals surface area contributed by atoms with Gasteiger partial charge in [0.25, 0.3) is 0 Å². The van der Waals surface area contributed by atoms with Crippen LogP contribution in [0, 0.1) is 0 Å². The van der Waals surface area contributed by atoms with Crippen LogP contribution in [0.4, 0.5) is 0 Å². The van der Waals surface area contributed by atoms with Gasteiger partial charge < -0.3 is 4.74 Å². The lowest BCUT2D eigenvalue weighted by molar-refractivity contribution is -0.143. The van der Waals surface area contributed by atoms with Crippen LogP contribution in [-0.4, -0.2) is 27.6 Å². The normalized spacial score (nSPS) is 15.5. The molecule has 5 heteroatoms. The van der Waals surface area contributed by atoms with Gasteiger partial charge in [0.2, 0.25) is 0 Å². The molecule has 1 unspecified atom stereocenters. The number of benzene rings is 3. The number of carbonyl (C=O) groups is 1. The standard InChI is InChI=1S/C29H29N3O2/c1-2-34-27(33)21-22-13-12-20-26-28(22)30-31-32(26)29(23-14-6-3-7-15-23,24-16-8-4-9-17-24)25-18-10-5-11-19-25/h3-11,14-19,22H,2,12-13,20-21H2,1H3. The zero-order valence-electron chi connectivity index (χ0n) is 19.4. The van der Waals surface area contributed by atoms with E-state index < -0.39 is 5.54 Å². The predicted molar refractivity (Wildman–Crippen MR) is 132 cm³/mol. The molecule has 172 valence electrons. The highest BCUT2D eigenvalue weighted by molar-refractivity contribution is 5.70. The average Bonchev–Trinajstić information content (AvgIpc) is 3.32. The van der Waals surface area contributed by atoms with Gasteiger partial charge in [-0.05, 0) is 42.9 Å². The predicted octanol–water partition coefficient (Wildman–Crippen LogP) is 5.49. The van der Waals surface area contributed by atoms with Gasteiger partial charge in [-0.25, -0.2) is 4.68 Å². The molecule has 3 aromatic carbocycles. The highest BCUT2D eigenvalue weighted by atomic mass is 16.5. The molecule has 1 atom stereocenters. The van der Waals surface area contributed by atoms with E-state index in [9.17, 15) is 4.79 Å². The number of fused-ring (bicyclic) bond motifs is 1. The summed E-state index contributed by atoms with van der Waals surface area (Å²) in [5, 5.41) is 9.52. The molecule has 0 fully saturated rings. The maximum Gasteiger partial charge on any atom is 0.306 e. The number of nitrogens with zero attached hydrogens (tertiary/aromatic N) is 3. The Hall–Kier alpha value is -3.73. The minimum Gasteiger partial charge on any atom is -0.466 e. The van der Waals surface area contributed by atoms with Gasteiger partial charge in [0.1, 0.15) is 5.54 Å². The van der Waals surface area contributed by atoms with Crippen LogP contribution < -0.4 is 0 Å². The molecular weight excluding hydrogens is 422 g/mol. The fourth-order valence-electron chi connectivity index (χ4n) is 5.31. The van der Waals surface area contributed by atoms with Gasteiger partial charge in [0.05, 0.1) is 24.4 Å². The van der Waals surface area contributed by atoms with Gasteiger partial charge in [0.15, 0.2) is 0 Å². The van der Waals surface area contributed by atoms with Crippen molar-refractivity contribution in [3.05, 3.63) is 119 Å². The summed E-state index contributed by atoms with van der Waals surface area (Å²) >= 11 is 0. The third-order valence-electron chi connectivity index (χ3n) is 6.76. The van der Waals surface area contributed by atoms with E-state index >= 15 is 0 Å². The van der Waals surface area contributed by atoms with Crippen molar-refractivity contribution < 1.29 is 9.53 Å². The summed E-state index contributed by atoms with van der Waals surface area (Å²) < 4.78 is 7.36. The summed E-state index contributed by atoms with van der Waals surface area (Å²) in [4.78, 5) is 12.3. The zero-order chi connectivity index (χ0) is 23.4. The Labute approximate surface area is 200 Å². The number of rotatable bonds is 7. The maximum atomic E-state index is 12.3. The molecule has 0 amide bonds. The summed E-state index contributed by atoms with van der Waals surface area (Å²) in [6, 6.07) is 31.5. The molecule has 5 nitrogen and oxygen atoms in total. The third-order valence-corrected chi connectivity index (χ3v) is 6.76. The van der Waals surface area contributed by atoms with Gasteiger partial charge in [-0.3, -0.25) is 4.79 Å². The molecule has 1 aliphatic carbocycles. The van der Waals surface area contributed by atoms with Crippen LogP contribution in [0.3, 0.4) is 0 Å². The minimum absolute atomic E-state index is 0.0246. The van der Waals surface area contributed by atoms with Crippen LogP contribution >= 0.6 is 0 Å². The van der Waals surface area contributed by atoms with Crippen LogP contribution in [0.25, 0.3) is 0 Å². The Bertz CT molecular complexity index is 1140. The Balaban J connectivity index is 1.75. The lowest BCUT2D eigenvalue weighted by Gasteiger charge is -2.37. The van der Waals surface area contributed by atoms with E-state index in [1.165, 1.54) is 0 Å². The van der Waals surface area contributed by atoms with Crippen LogP contribution in [-0.2, 0) is 21.5 Å². The topological polar surface area (TPSA) is 57.0 Å². The van der Waals surface area contributed by atoms with Crippen molar-refractivity contribution in [1.82, 2.24) is 15.0 Å². The highest BCUT2D eigenvalue weighted by Gasteiger charge is 2.43. The second-order valence-electron chi connectivity index (χ2n) is 8.74. The van der Waals surface area contributed by atoms with E-state index in [-0.39, 0.29) is 11.9 Å². The molecule has 0 bridgehead atoms. The lowest BCUT2D eigenvalue weighted by atomic mass is 9.76. The second-order valence-corrected chi connectivity index (χ2v) is 8.74. The van der Waals surface area contributed by atoms with E-state index in [2.05, 4.69) is 77.5 Å². The molecular formula is C29H29N3O2. The van der Waals surface area contributed by atoms with E-state index in [4.69, 9.17) is 15.0 Å². The van der Waals surface area contributed by atoms with Crippen LogP contribution in [0.2, 0.25) is 0 Å². The van der Waals surface area contributed by atoms with E-state index in [1.54, 1.807) is 0 Å². The van der Waals surface area contributed by atoms with E-state index in [0.717, 1.165) is 47.3 Å². The second kappa shape index (κ2) is 9.64. The summed E-state index contributed by atoms with van der Waals surface area (Å²) in [6.45, 7) is 2.23. The van der Waals surface area contributed by atoms with Crippen molar-refractivity contribution in [2.24, 2.45) is 0 Å². The molecule has 0 aliphatic heterocycles. The van der Waals surface area contributed by atoms with Gasteiger partial charge in [-0.1, -0.05) is 96.2 Å². The Morgan fingerprint density at radius 2 is 1.44 bits per heavy atom. The summed E-state index contributed by atoms with van der Waals surface area (Å²) in [7, 11) is 0. The maximum absolute atomic E-state index is 12.3. The molecule has 34 heavy (non-hydrogen) atoms. The molecule has 0 saturated carbocycles. The van der Waals surface area contributed by atoms with Crippen molar-refractivity contribution in [1.29, 1.82) is 0 Å². The fraction of sp³-hybridized carbons (Fsp3) is 0.276. The number of ether oxygens (including phenoxy) is 1. The van der Waals surface area contributed by atoms with Crippen LogP contribution in [0.5, 0.6) is 0 Å². The number of hydrogen-bond acceptors (Lipinski definition) is 4. The van der Waals surface area contributed by atoms with Crippen molar-refractivity contribution in [3.63, 3.8) is 0 Å². The molecule has 5 rings (SSSR count). The van der Waals surface area contributed by atoms with Crippen molar-refractivity contribution in [2.75, 3.05) is 6.61 Å². The summed E-state index contributed by atoms with van der Waals surface area (Å²) in [5.41, 5.74) is 4.69. The van der Waals surface area contributed by atoms with E-state index in [1.807, 2.05) is 25.1 Å². The van der Waals surface area contributed by atoms with Crippen molar-refractivity contribution in [2.45, 2.75) is 44.1 Å². The van der Waals surface area contributed by atoms with Gasteiger partial charge in [0, 0.05) is 5.92 Å². The minimum atomic E-state index is -0.684. The Morgan fingerprint density at radius 3 is 1.94 bits per heavy atom. The van der Waals surface area contributed by atoms with Gasteiger partial charge in [-0.2, -0.15) is 0 Å². The smallest absolute Gasteiger partial charge is 0.306 e. The van der Waals surface area contributed by atoms with Gasteiger partial charge in [-0.15, -0.1) is 5.10 Å². The highest BCUT2D eigenvalue weighted by Crippen LogP contribution is 2.43. The molecule has 0 saturated heterocycles. The Morgan fingerprint density at radius 1 is 0.912 bits per heavy atom. The first-order valence-corrected chi connectivity index (χ1v) is 12.0. The molecule has 1 heterocycles. The molecule has 0 spiro atoms.